The number of aromatic hydroxyl groups is 1. The van der Waals surface area contributed by atoms with E-state index in [2.05, 4.69) is 63.3 Å². The van der Waals surface area contributed by atoms with Gasteiger partial charge in [-0.05, 0) is 109 Å². The Balaban J connectivity index is 0.820. The van der Waals surface area contributed by atoms with Gasteiger partial charge in [0.15, 0.2) is 0 Å². The number of aryl methyl sites for hydroxylation is 1. The number of rotatable bonds is 7. The van der Waals surface area contributed by atoms with Crippen LogP contribution in [0.3, 0.4) is 0 Å². The second-order valence-electron chi connectivity index (χ2n) is 15.1. The number of anilines is 2. The number of benzene rings is 3. The van der Waals surface area contributed by atoms with Gasteiger partial charge in [-0.1, -0.05) is 31.5 Å². The minimum absolute atomic E-state index is 0.118. The first kappa shape index (κ1) is 32.8. The van der Waals surface area contributed by atoms with Crippen LogP contribution >= 0.6 is 0 Å². The van der Waals surface area contributed by atoms with Crippen LogP contribution in [0.1, 0.15) is 84.0 Å². The zero-order valence-corrected chi connectivity index (χ0v) is 29.2. The van der Waals surface area contributed by atoms with Gasteiger partial charge in [-0.25, -0.2) is 0 Å². The lowest BCUT2D eigenvalue weighted by molar-refractivity contribution is -0.136. The number of carbonyl (C=O) groups excluding carboxylic acids is 3. The van der Waals surface area contributed by atoms with Crippen molar-refractivity contribution in [2.24, 2.45) is 11.8 Å². The summed E-state index contributed by atoms with van der Waals surface area (Å²) in [6.07, 6.45) is 6.46. The molecular weight excluding hydrogens is 626 g/mol. The van der Waals surface area contributed by atoms with Crippen LogP contribution < -0.4 is 15.1 Å². The molecule has 1 aliphatic carbocycles. The van der Waals surface area contributed by atoms with E-state index in [-0.39, 0.29) is 24.1 Å². The molecule has 3 amide bonds. The van der Waals surface area contributed by atoms with Crippen molar-refractivity contribution < 1.29 is 19.5 Å². The highest BCUT2D eigenvalue weighted by Gasteiger charge is 2.39. The summed E-state index contributed by atoms with van der Waals surface area (Å²) in [5.41, 5.74) is 8.17. The van der Waals surface area contributed by atoms with E-state index in [0.717, 1.165) is 63.5 Å². The molecule has 262 valence electrons. The second-order valence-corrected chi connectivity index (χ2v) is 15.1. The summed E-state index contributed by atoms with van der Waals surface area (Å²) < 4.78 is 0. The third-order valence-electron chi connectivity index (χ3n) is 12.2. The number of imide groups is 1. The molecule has 4 aliphatic heterocycles. The molecular formula is C41H49N5O4. The minimum atomic E-state index is -0.580. The fraction of sp³-hybridized carbons (Fsp3) is 0.488. The van der Waals surface area contributed by atoms with Crippen molar-refractivity contribution in [1.82, 2.24) is 15.1 Å². The maximum absolute atomic E-state index is 13.1. The van der Waals surface area contributed by atoms with E-state index >= 15 is 0 Å². The Morgan fingerprint density at radius 2 is 1.50 bits per heavy atom. The summed E-state index contributed by atoms with van der Waals surface area (Å²) in [5.74, 6) is 1.36. The molecule has 0 saturated carbocycles. The van der Waals surface area contributed by atoms with Crippen LogP contribution in [0.15, 0.2) is 60.7 Å². The molecule has 3 atom stereocenters. The number of fused-ring (bicyclic) bond motifs is 2. The fourth-order valence-electron chi connectivity index (χ4n) is 9.34. The summed E-state index contributed by atoms with van der Waals surface area (Å²) in [7, 11) is 0. The van der Waals surface area contributed by atoms with Crippen molar-refractivity contribution in [3.05, 3.63) is 88.5 Å². The van der Waals surface area contributed by atoms with E-state index in [9.17, 15) is 19.5 Å². The molecule has 8 rings (SSSR count). The van der Waals surface area contributed by atoms with Crippen LogP contribution in [0, 0.1) is 11.8 Å². The zero-order chi connectivity index (χ0) is 34.4. The Labute approximate surface area is 295 Å². The molecule has 3 aromatic rings. The molecule has 2 N–H and O–H groups in total. The van der Waals surface area contributed by atoms with Gasteiger partial charge in [-0.2, -0.15) is 0 Å². The van der Waals surface area contributed by atoms with Gasteiger partial charge < -0.3 is 19.8 Å². The van der Waals surface area contributed by atoms with Crippen LogP contribution in [0.4, 0.5) is 11.4 Å². The van der Waals surface area contributed by atoms with E-state index in [0.29, 0.717) is 42.0 Å². The van der Waals surface area contributed by atoms with E-state index in [1.54, 1.807) is 4.90 Å². The van der Waals surface area contributed by atoms with Crippen LogP contribution in [0.2, 0.25) is 0 Å². The monoisotopic (exact) mass is 675 g/mol. The van der Waals surface area contributed by atoms with Crippen LogP contribution in [0.25, 0.3) is 0 Å². The Morgan fingerprint density at radius 1 is 0.760 bits per heavy atom. The minimum Gasteiger partial charge on any atom is -0.508 e. The molecule has 50 heavy (non-hydrogen) atoms. The molecule has 5 aliphatic rings. The second kappa shape index (κ2) is 13.7. The molecule has 0 unspecified atom stereocenters. The van der Waals surface area contributed by atoms with E-state index in [4.69, 9.17) is 0 Å². The Kier molecular flexibility index (Phi) is 9.02. The van der Waals surface area contributed by atoms with Gasteiger partial charge >= 0.3 is 0 Å². The number of phenols is 1. The number of phenolic OH excluding ortho intramolecular Hbond substituents is 1. The number of hydrogen-bond donors (Lipinski definition) is 2. The lowest BCUT2D eigenvalue weighted by Gasteiger charge is -2.40. The largest absolute Gasteiger partial charge is 0.508 e. The summed E-state index contributed by atoms with van der Waals surface area (Å²) in [4.78, 5) is 46.4. The average molecular weight is 676 g/mol. The van der Waals surface area contributed by atoms with Crippen molar-refractivity contribution in [3.63, 3.8) is 0 Å². The number of carbonyl (C=O) groups is 3. The first-order valence-electron chi connectivity index (χ1n) is 18.8. The lowest BCUT2D eigenvalue weighted by atomic mass is 9.71. The average Bonchev–Trinajstić information content (AvgIpc) is 3.46. The van der Waals surface area contributed by atoms with Gasteiger partial charge in [-0.15, -0.1) is 0 Å². The highest BCUT2D eigenvalue weighted by atomic mass is 16.3. The van der Waals surface area contributed by atoms with Gasteiger partial charge in [0, 0.05) is 81.6 Å². The molecule has 0 bridgehead atoms. The van der Waals surface area contributed by atoms with Gasteiger partial charge in [0.2, 0.25) is 11.8 Å². The van der Waals surface area contributed by atoms with Gasteiger partial charge in [-0.3, -0.25) is 24.6 Å². The third-order valence-corrected chi connectivity index (χ3v) is 12.2. The normalized spacial score (nSPS) is 24.7. The van der Waals surface area contributed by atoms with Crippen molar-refractivity contribution in [2.75, 3.05) is 55.6 Å². The summed E-state index contributed by atoms with van der Waals surface area (Å²) in [6.45, 7) is 10.0. The van der Waals surface area contributed by atoms with Gasteiger partial charge in [0.25, 0.3) is 5.91 Å². The quantitative estimate of drug-likeness (QED) is 0.329. The fourth-order valence-corrected chi connectivity index (χ4v) is 9.34. The maximum atomic E-state index is 13.1. The summed E-state index contributed by atoms with van der Waals surface area (Å²) >= 11 is 0. The van der Waals surface area contributed by atoms with Crippen LogP contribution in [-0.4, -0.2) is 84.5 Å². The van der Waals surface area contributed by atoms with Crippen molar-refractivity contribution in [2.45, 2.75) is 70.4 Å². The van der Waals surface area contributed by atoms with Crippen molar-refractivity contribution >= 4 is 29.1 Å². The predicted molar refractivity (Wildman–Crippen MR) is 195 cm³/mol. The number of amides is 3. The van der Waals surface area contributed by atoms with Crippen molar-refractivity contribution in [1.29, 1.82) is 0 Å². The number of piperazine rings is 1. The molecule has 3 saturated heterocycles. The molecule has 3 aromatic carbocycles. The molecule has 9 nitrogen and oxygen atoms in total. The standard InChI is InChI=1S/C41H49N5O4/c1-2-28-3-4-30-24-34(47)10-12-35(30)39(28)29-5-7-32(8-6-29)44-17-15-27(16-18-44)25-43-19-21-45(22-20-43)33-9-11-36-31(23-33)26-46(41(36)50)37-13-14-38(48)42-40(37)49/h5-12,23-24,27-28,37,39,47H,2-4,13-22,25-26H2,1H3,(H,42,48,49)/t28-,37-,39+/m0/s1. The SMILES string of the molecule is CC[C@H]1CCc2cc(O)ccc2[C@H]1c1ccc(N2CCC(CN3CCN(c4ccc5c(c4)CN([C@H]4CCC(=O)NC4=O)C5=O)CC3)CC2)cc1. The molecule has 4 heterocycles. The summed E-state index contributed by atoms with van der Waals surface area (Å²) in [6, 6.07) is 20.8. The Bertz CT molecular complexity index is 1760. The van der Waals surface area contributed by atoms with Crippen LogP contribution in [0.5, 0.6) is 5.75 Å². The van der Waals surface area contributed by atoms with E-state index < -0.39 is 6.04 Å². The smallest absolute Gasteiger partial charge is 0.255 e. The Morgan fingerprint density at radius 3 is 2.24 bits per heavy atom. The molecule has 3 fully saturated rings. The van der Waals surface area contributed by atoms with E-state index in [1.807, 2.05) is 24.3 Å². The lowest BCUT2D eigenvalue weighted by Crippen LogP contribution is -2.52. The summed E-state index contributed by atoms with van der Waals surface area (Å²) in [5, 5.41) is 12.4. The highest BCUT2D eigenvalue weighted by Crippen LogP contribution is 2.44. The first-order chi connectivity index (χ1) is 24.3. The molecule has 9 heteroatoms. The van der Waals surface area contributed by atoms with Gasteiger partial charge in [0.05, 0.1) is 0 Å². The van der Waals surface area contributed by atoms with Gasteiger partial charge in [0.1, 0.15) is 11.8 Å². The number of piperidine rings is 2. The molecule has 0 spiro atoms. The highest BCUT2D eigenvalue weighted by molar-refractivity contribution is 6.05. The Hall–Kier alpha value is -4.37. The third kappa shape index (κ3) is 6.36. The number of hydrogen-bond acceptors (Lipinski definition) is 7. The topological polar surface area (TPSA) is 96.4 Å². The van der Waals surface area contributed by atoms with E-state index in [1.165, 1.54) is 48.1 Å². The molecule has 0 aromatic heterocycles. The maximum Gasteiger partial charge on any atom is 0.255 e. The van der Waals surface area contributed by atoms with Crippen molar-refractivity contribution in [3.8, 4) is 5.75 Å². The van der Waals surface area contributed by atoms with Crippen LogP contribution in [-0.2, 0) is 22.6 Å². The number of nitrogens with zero attached hydrogens (tertiary/aromatic N) is 4. The first-order valence-corrected chi connectivity index (χ1v) is 18.8. The zero-order valence-electron chi connectivity index (χ0n) is 29.2. The number of nitrogens with one attached hydrogen (secondary N) is 1. The predicted octanol–water partition coefficient (Wildman–Crippen LogP) is 5.30. The molecule has 0 radical (unpaired) electrons.